The number of para-hydroxylation sites is 1. The van der Waals surface area contributed by atoms with Crippen LogP contribution in [0.4, 0.5) is 5.69 Å². The molecule has 2 N–H and O–H groups in total. The van der Waals surface area contributed by atoms with Crippen LogP contribution in [0.5, 0.6) is 0 Å². The van der Waals surface area contributed by atoms with Crippen molar-refractivity contribution >= 4 is 33.2 Å². The lowest BCUT2D eigenvalue weighted by atomic mass is 10.2. The van der Waals surface area contributed by atoms with Crippen molar-refractivity contribution in [2.75, 3.05) is 17.9 Å². The van der Waals surface area contributed by atoms with E-state index in [4.69, 9.17) is 11.6 Å². The molecular weight excluding hydrogens is 364 g/mol. The van der Waals surface area contributed by atoms with Gasteiger partial charge in [0.25, 0.3) is 15.9 Å². The van der Waals surface area contributed by atoms with Gasteiger partial charge in [-0.3, -0.25) is 9.10 Å². The van der Waals surface area contributed by atoms with Gasteiger partial charge in [-0.15, -0.1) is 0 Å². The van der Waals surface area contributed by atoms with Crippen molar-refractivity contribution in [1.29, 1.82) is 0 Å². The summed E-state index contributed by atoms with van der Waals surface area (Å²) in [5, 5.41) is 11.9. The number of aliphatic hydroxyl groups excluding tert-OH is 1. The average molecular weight is 383 g/mol. The molecule has 1 amide bonds. The second kappa shape index (κ2) is 7.86. The number of hydrogen-bond acceptors (Lipinski definition) is 4. The Bertz CT molecular complexity index is 854. The van der Waals surface area contributed by atoms with Crippen molar-refractivity contribution in [2.45, 2.75) is 17.9 Å². The van der Waals surface area contributed by atoms with Gasteiger partial charge in [0.2, 0.25) is 0 Å². The van der Waals surface area contributed by atoms with Gasteiger partial charge in [0.05, 0.1) is 27.3 Å². The lowest BCUT2D eigenvalue weighted by Gasteiger charge is -2.20. The molecule has 0 radical (unpaired) electrons. The van der Waals surface area contributed by atoms with E-state index >= 15 is 0 Å². The number of anilines is 1. The van der Waals surface area contributed by atoms with Gasteiger partial charge in [-0.2, -0.15) is 0 Å². The first kappa shape index (κ1) is 19.2. The summed E-state index contributed by atoms with van der Waals surface area (Å²) in [6.07, 6.45) is -0.723. The third-order valence-electron chi connectivity index (χ3n) is 3.52. The average Bonchev–Trinajstić information content (AvgIpc) is 2.59. The van der Waals surface area contributed by atoms with Crippen LogP contribution in [0.3, 0.4) is 0 Å². The van der Waals surface area contributed by atoms with E-state index in [0.29, 0.717) is 5.69 Å². The molecule has 134 valence electrons. The summed E-state index contributed by atoms with van der Waals surface area (Å²) in [7, 11) is -2.41. The zero-order valence-corrected chi connectivity index (χ0v) is 15.4. The molecule has 0 fully saturated rings. The maximum atomic E-state index is 12.8. The number of carbonyl (C=O) groups excluding carboxylic acids is 1. The third kappa shape index (κ3) is 4.50. The lowest BCUT2D eigenvalue weighted by Crippen LogP contribution is -2.31. The van der Waals surface area contributed by atoms with Crippen LogP contribution in [0.15, 0.2) is 53.4 Å². The Morgan fingerprint density at radius 1 is 1.24 bits per heavy atom. The van der Waals surface area contributed by atoms with Gasteiger partial charge in [-0.25, -0.2) is 8.42 Å². The van der Waals surface area contributed by atoms with Gasteiger partial charge in [-0.1, -0.05) is 29.8 Å². The fourth-order valence-corrected chi connectivity index (χ4v) is 3.53. The van der Waals surface area contributed by atoms with Crippen LogP contribution in [0, 0.1) is 0 Å². The molecule has 0 aliphatic carbocycles. The van der Waals surface area contributed by atoms with E-state index in [1.165, 1.54) is 32.2 Å². The van der Waals surface area contributed by atoms with Gasteiger partial charge in [0.15, 0.2) is 0 Å². The van der Waals surface area contributed by atoms with Gasteiger partial charge in [-0.05, 0) is 37.3 Å². The summed E-state index contributed by atoms with van der Waals surface area (Å²) >= 11 is 6.02. The highest BCUT2D eigenvalue weighted by Gasteiger charge is 2.23. The molecule has 6 nitrogen and oxygen atoms in total. The fraction of sp³-hybridized carbons (Fsp3) is 0.235. The van der Waals surface area contributed by atoms with Crippen LogP contribution in [0.2, 0.25) is 5.02 Å². The molecule has 2 rings (SSSR count). The van der Waals surface area contributed by atoms with Crippen molar-refractivity contribution < 1.29 is 18.3 Å². The Hall–Kier alpha value is -2.09. The van der Waals surface area contributed by atoms with Crippen molar-refractivity contribution in [2.24, 2.45) is 0 Å². The van der Waals surface area contributed by atoms with Gasteiger partial charge in [0, 0.05) is 13.6 Å². The van der Waals surface area contributed by atoms with Crippen molar-refractivity contribution in [3.63, 3.8) is 0 Å². The first-order chi connectivity index (χ1) is 11.7. The molecule has 0 spiro atoms. The minimum atomic E-state index is -3.85. The number of sulfonamides is 1. The van der Waals surface area contributed by atoms with E-state index in [-0.39, 0.29) is 22.0 Å². The Morgan fingerprint density at radius 3 is 2.48 bits per heavy atom. The second-order valence-electron chi connectivity index (χ2n) is 5.51. The Morgan fingerprint density at radius 2 is 1.88 bits per heavy atom. The van der Waals surface area contributed by atoms with E-state index in [1.807, 2.05) is 0 Å². The molecule has 0 aliphatic heterocycles. The summed E-state index contributed by atoms with van der Waals surface area (Å²) in [5.41, 5.74) is 0.530. The number of rotatable bonds is 6. The fourth-order valence-electron chi connectivity index (χ4n) is 2.11. The largest absolute Gasteiger partial charge is 0.392 e. The van der Waals surface area contributed by atoms with E-state index in [0.717, 1.165) is 4.31 Å². The van der Waals surface area contributed by atoms with Crippen molar-refractivity contribution in [3.8, 4) is 0 Å². The van der Waals surface area contributed by atoms with Gasteiger partial charge >= 0.3 is 0 Å². The number of aliphatic hydroxyl groups is 1. The van der Waals surface area contributed by atoms with Crippen LogP contribution >= 0.6 is 11.6 Å². The molecule has 1 atom stereocenters. The first-order valence-electron chi connectivity index (χ1n) is 7.53. The summed E-state index contributed by atoms with van der Waals surface area (Å²) in [4.78, 5) is 12.1. The number of hydrogen-bond donors (Lipinski definition) is 2. The van der Waals surface area contributed by atoms with Crippen LogP contribution < -0.4 is 9.62 Å². The molecule has 25 heavy (non-hydrogen) atoms. The van der Waals surface area contributed by atoms with E-state index in [9.17, 15) is 18.3 Å². The molecule has 8 heteroatoms. The molecule has 0 saturated carbocycles. The highest BCUT2D eigenvalue weighted by atomic mass is 35.5. The van der Waals surface area contributed by atoms with Gasteiger partial charge < -0.3 is 10.4 Å². The minimum absolute atomic E-state index is 0.0323. The topological polar surface area (TPSA) is 86.7 Å². The molecule has 0 bridgehead atoms. The van der Waals surface area contributed by atoms with Crippen LogP contribution in [0.1, 0.15) is 17.3 Å². The Balaban J connectivity index is 2.36. The number of amides is 1. The smallest absolute Gasteiger partial charge is 0.264 e. The van der Waals surface area contributed by atoms with Crippen LogP contribution in [-0.4, -0.2) is 39.1 Å². The van der Waals surface area contributed by atoms with Crippen LogP contribution in [0.25, 0.3) is 0 Å². The molecule has 2 aromatic rings. The van der Waals surface area contributed by atoms with E-state index in [2.05, 4.69) is 5.32 Å². The summed E-state index contributed by atoms with van der Waals surface area (Å²) in [6.45, 7) is 1.56. The minimum Gasteiger partial charge on any atom is -0.392 e. The van der Waals surface area contributed by atoms with Crippen LogP contribution in [-0.2, 0) is 10.0 Å². The van der Waals surface area contributed by atoms with Gasteiger partial charge in [0.1, 0.15) is 0 Å². The summed E-state index contributed by atoms with van der Waals surface area (Å²) in [5.74, 6) is -0.551. The standard InChI is InChI=1S/C17H19ClN2O4S/c1-12(21)11-19-17(22)15-10-14(8-9-16(15)18)25(23,24)20(2)13-6-4-3-5-7-13/h3-10,12,21H,11H2,1-2H3,(H,19,22). The quantitative estimate of drug-likeness (QED) is 0.802. The van der Waals surface area contributed by atoms with E-state index < -0.39 is 22.0 Å². The molecule has 0 heterocycles. The number of benzene rings is 2. The van der Waals surface area contributed by atoms with Crippen molar-refractivity contribution in [1.82, 2.24) is 5.32 Å². The zero-order chi connectivity index (χ0) is 18.6. The monoisotopic (exact) mass is 382 g/mol. The predicted octanol–water partition coefficient (Wildman–Crippen LogP) is 2.28. The SMILES string of the molecule is CC(O)CNC(=O)c1cc(S(=O)(=O)N(C)c2ccccc2)ccc1Cl. The number of halogens is 1. The molecule has 1 unspecified atom stereocenters. The first-order valence-corrected chi connectivity index (χ1v) is 9.35. The number of nitrogens with one attached hydrogen (secondary N) is 1. The number of carbonyl (C=O) groups is 1. The summed E-state index contributed by atoms with van der Waals surface area (Å²) < 4.78 is 26.7. The lowest BCUT2D eigenvalue weighted by molar-refractivity contribution is 0.0924. The van der Waals surface area contributed by atoms with Crippen molar-refractivity contribution in [3.05, 3.63) is 59.1 Å². The number of nitrogens with zero attached hydrogens (tertiary/aromatic N) is 1. The highest BCUT2D eigenvalue weighted by Crippen LogP contribution is 2.25. The third-order valence-corrected chi connectivity index (χ3v) is 5.63. The highest BCUT2D eigenvalue weighted by molar-refractivity contribution is 7.92. The molecule has 2 aromatic carbocycles. The molecular formula is C17H19ClN2O4S. The Kier molecular flexibility index (Phi) is 6.05. The maximum absolute atomic E-state index is 12.8. The zero-order valence-electron chi connectivity index (χ0n) is 13.8. The maximum Gasteiger partial charge on any atom is 0.264 e. The summed E-state index contributed by atoms with van der Waals surface area (Å²) in [6, 6.07) is 12.5. The second-order valence-corrected chi connectivity index (χ2v) is 7.89. The Labute approximate surface area is 152 Å². The van der Waals surface area contributed by atoms with E-state index in [1.54, 1.807) is 30.3 Å². The molecule has 0 saturated heterocycles. The normalized spacial score (nSPS) is 12.5. The predicted molar refractivity (Wildman–Crippen MR) is 97.5 cm³/mol. The molecule has 0 aliphatic rings. The molecule has 0 aromatic heterocycles.